The highest BCUT2D eigenvalue weighted by Gasteiger charge is 2.13. The normalized spacial score (nSPS) is 12.8. The van der Waals surface area contributed by atoms with E-state index in [0.29, 0.717) is 30.4 Å². The predicted molar refractivity (Wildman–Crippen MR) is 87.6 cm³/mol. The zero-order chi connectivity index (χ0) is 16.2. The van der Waals surface area contributed by atoms with Gasteiger partial charge in [0.15, 0.2) is 11.5 Å². The summed E-state index contributed by atoms with van der Waals surface area (Å²) in [6.07, 6.45) is 0.836. The lowest BCUT2D eigenvalue weighted by atomic mass is 10.1. The highest BCUT2D eigenvalue weighted by Crippen LogP contribution is 2.31. The fraction of sp³-hybridized carbons (Fsp3) is 0.278. The summed E-state index contributed by atoms with van der Waals surface area (Å²) in [6.45, 7) is 3.03. The molecule has 0 bridgehead atoms. The molecule has 2 aromatic rings. The van der Waals surface area contributed by atoms with Gasteiger partial charge >= 0.3 is 5.97 Å². The van der Waals surface area contributed by atoms with Crippen LogP contribution in [0.2, 0.25) is 5.02 Å². The molecule has 0 unspecified atom stereocenters. The monoisotopic (exact) mass is 332 g/mol. The fourth-order valence-corrected chi connectivity index (χ4v) is 2.51. The van der Waals surface area contributed by atoms with Gasteiger partial charge in [-0.1, -0.05) is 23.7 Å². The summed E-state index contributed by atoms with van der Waals surface area (Å²) in [6, 6.07) is 11.0. The quantitative estimate of drug-likeness (QED) is 0.628. The SMILES string of the molecule is Cc1ccc(Cl)c(OC(=O)CCc2ccc3c(c2)OCCO3)c1. The molecule has 0 atom stereocenters. The van der Waals surface area contributed by atoms with E-state index >= 15 is 0 Å². The van der Waals surface area contributed by atoms with Gasteiger partial charge < -0.3 is 14.2 Å². The van der Waals surface area contributed by atoms with E-state index in [9.17, 15) is 4.79 Å². The number of hydrogen-bond acceptors (Lipinski definition) is 4. The Hall–Kier alpha value is -2.20. The molecular formula is C18H17ClO4. The summed E-state index contributed by atoms with van der Waals surface area (Å²) in [5.74, 6) is 1.56. The van der Waals surface area contributed by atoms with Crippen LogP contribution in [0.3, 0.4) is 0 Å². The van der Waals surface area contributed by atoms with E-state index < -0.39 is 0 Å². The van der Waals surface area contributed by atoms with Crippen LogP contribution in [0.15, 0.2) is 36.4 Å². The summed E-state index contributed by atoms with van der Waals surface area (Å²) in [5.41, 5.74) is 1.99. The molecule has 1 aliphatic heterocycles. The van der Waals surface area contributed by atoms with Crippen molar-refractivity contribution in [2.24, 2.45) is 0 Å². The molecular weight excluding hydrogens is 316 g/mol. The van der Waals surface area contributed by atoms with Gasteiger partial charge in [0.1, 0.15) is 19.0 Å². The Morgan fingerprint density at radius 2 is 1.91 bits per heavy atom. The minimum Gasteiger partial charge on any atom is -0.486 e. The van der Waals surface area contributed by atoms with Crippen LogP contribution in [0.1, 0.15) is 17.5 Å². The first-order valence-corrected chi connectivity index (χ1v) is 7.85. The van der Waals surface area contributed by atoms with Crippen LogP contribution in [-0.4, -0.2) is 19.2 Å². The van der Waals surface area contributed by atoms with Crippen molar-refractivity contribution in [1.29, 1.82) is 0 Å². The number of hydrogen-bond donors (Lipinski definition) is 0. The first-order chi connectivity index (χ1) is 11.1. The van der Waals surface area contributed by atoms with Crippen molar-refractivity contribution in [3.8, 4) is 17.2 Å². The van der Waals surface area contributed by atoms with Crippen LogP contribution >= 0.6 is 11.6 Å². The minimum atomic E-state index is -0.313. The van der Waals surface area contributed by atoms with Crippen LogP contribution in [0.25, 0.3) is 0 Å². The third-order valence-corrected chi connectivity index (χ3v) is 3.85. The molecule has 0 amide bonds. The minimum absolute atomic E-state index is 0.268. The second kappa shape index (κ2) is 6.92. The molecule has 23 heavy (non-hydrogen) atoms. The summed E-state index contributed by atoms with van der Waals surface area (Å²) in [5, 5.41) is 0.434. The highest BCUT2D eigenvalue weighted by atomic mass is 35.5. The van der Waals surface area contributed by atoms with Crippen LogP contribution in [0.4, 0.5) is 0 Å². The molecule has 0 saturated carbocycles. The van der Waals surface area contributed by atoms with E-state index in [4.69, 9.17) is 25.8 Å². The van der Waals surface area contributed by atoms with Crippen molar-refractivity contribution in [3.63, 3.8) is 0 Å². The number of aryl methyl sites for hydroxylation is 2. The van der Waals surface area contributed by atoms with Crippen LogP contribution in [0, 0.1) is 6.92 Å². The van der Waals surface area contributed by atoms with Gasteiger partial charge in [0, 0.05) is 6.42 Å². The molecule has 4 nitrogen and oxygen atoms in total. The standard InChI is InChI=1S/C18H17ClO4/c1-12-2-5-14(19)16(10-12)23-18(20)7-4-13-3-6-15-17(11-13)22-9-8-21-15/h2-3,5-6,10-11H,4,7-9H2,1H3. The van der Waals surface area contributed by atoms with Crippen molar-refractivity contribution < 1.29 is 19.0 Å². The summed E-state index contributed by atoms with van der Waals surface area (Å²) in [4.78, 5) is 12.0. The van der Waals surface area contributed by atoms with Crippen molar-refractivity contribution in [2.75, 3.05) is 13.2 Å². The Labute approximate surface area is 139 Å². The molecule has 0 spiro atoms. The van der Waals surface area contributed by atoms with Gasteiger partial charge in [0.25, 0.3) is 0 Å². The van der Waals surface area contributed by atoms with Gasteiger partial charge in [0.2, 0.25) is 0 Å². The number of fused-ring (bicyclic) bond motifs is 1. The molecule has 120 valence electrons. The number of carbonyl (C=O) groups excluding carboxylic acids is 1. The number of carbonyl (C=O) groups is 1. The molecule has 5 heteroatoms. The lowest BCUT2D eigenvalue weighted by molar-refractivity contribution is -0.134. The van der Waals surface area contributed by atoms with Crippen molar-refractivity contribution in [1.82, 2.24) is 0 Å². The number of ether oxygens (including phenoxy) is 3. The molecule has 3 rings (SSSR count). The molecule has 0 fully saturated rings. The lowest BCUT2D eigenvalue weighted by Crippen LogP contribution is -2.15. The van der Waals surface area contributed by atoms with Gasteiger partial charge in [-0.3, -0.25) is 4.79 Å². The maximum atomic E-state index is 12.0. The average molecular weight is 333 g/mol. The molecule has 0 radical (unpaired) electrons. The zero-order valence-electron chi connectivity index (χ0n) is 12.8. The second-order valence-corrected chi connectivity index (χ2v) is 5.79. The number of rotatable bonds is 4. The molecule has 1 heterocycles. The Kier molecular flexibility index (Phi) is 4.72. The zero-order valence-corrected chi connectivity index (χ0v) is 13.6. The maximum Gasteiger partial charge on any atom is 0.311 e. The Morgan fingerprint density at radius 1 is 1.13 bits per heavy atom. The van der Waals surface area contributed by atoms with E-state index in [2.05, 4.69) is 0 Å². The topological polar surface area (TPSA) is 44.8 Å². The van der Waals surface area contributed by atoms with Crippen molar-refractivity contribution in [2.45, 2.75) is 19.8 Å². The van der Waals surface area contributed by atoms with Crippen LogP contribution in [-0.2, 0) is 11.2 Å². The average Bonchev–Trinajstić information content (AvgIpc) is 2.56. The Balaban J connectivity index is 1.59. The molecule has 0 aliphatic carbocycles. The van der Waals surface area contributed by atoms with Gasteiger partial charge in [-0.15, -0.1) is 0 Å². The van der Waals surface area contributed by atoms with E-state index in [0.717, 1.165) is 22.6 Å². The smallest absolute Gasteiger partial charge is 0.311 e. The molecule has 0 aromatic heterocycles. The van der Waals surface area contributed by atoms with E-state index in [1.165, 1.54) is 0 Å². The lowest BCUT2D eigenvalue weighted by Gasteiger charge is -2.18. The Morgan fingerprint density at radius 3 is 2.74 bits per heavy atom. The van der Waals surface area contributed by atoms with Gasteiger partial charge in [-0.25, -0.2) is 0 Å². The summed E-state index contributed by atoms with van der Waals surface area (Å²) in [7, 11) is 0. The third-order valence-electron chi connectivity index (χ3n) is 3.53. The third kappa shape index (κ3) is 3.96. The van der Waals surface area contributed by atoms with E-state index in [1.807, 2.05) is 31.2 Å². The molecule has 2 aromatic carbocycles. The summed E-state index contributed by atoms with van der Waals surface area (Å²) < 4.78 is 16.3. The summed E-state index contributed by atoms with van der Waals surface area (Å²) >= 11 is 6.03. The van der Waals surface area contributed by atoms with E-state index in [-0.39, 0.29) is 12.4 Å². The largest absolute Gasteiger partial charge is 0.486 e. The van der Waals surface area contributed by atoms with E-state index in [1.54, 1.807) is 12.1 Å². The van der Waals surface area contributed by atoms with Gasteiger partial charge in [-0.05, 0) is 48.7 Å². The number of benzene rings is 2. The maximum absolute atomic E-state index is 12.0. The molecule has 1 aliphatic rings. The molecule has 0 saturated heterocycles. The van der Waals surface area contributed by atoms with Crippen LogP contribution in [0.5, 0.6) is 17.2 Å². The Bertz CT molecular complexity index is 727. The first-order valence-electron chi connectivity index (χ1n) is 7.47. The van der Waals surface area contributed by atoms with Gasteiger partial charge in [0.05, 0.1) is 5.02 Å². The van der Waals surface area contributed by atoms with Crippen LogP contribution < -0.4 is 14.2 Å². The second-order valence-electron chi connectivity index (χ2n) is 5.39. The first kappa shape index (κ1) is 15.7. The van der Waals surface area contributed by atoms with Gasteiger partial charge in [-0.2, -0.15) is 0 Å². The van der Waals surface area contributed by atoms with Crippen molar-refractivity contribution in [3.05, 3.63) is 52.5 Å². The number of esters is 1. The molecule has 0 N–H and O–H groups in total. The number of halogens is 1. The predicted octanol–water partition coefficient (Wildman–Crippen LogP) is 3.96. The van der Waals surface area contributed by atoms with Crippen molar-refractivity contribution >= 4 is 17.6 Å². The highest BCUT2D eigenvalue weighted by molar-refractivity contribution is 6.32. The fourth-order valence-electron chi connectivity index (χ4n) is 2.35.